The van der Waals surface area contributed by atoms with Crippen molar-refractivity contribution in [1.29, 1.82) is 0 Å². The van der Waals surface area contributed by atoms with Crippen molar-refractivity contribution in [3.05, 3.63) is 203 Å². The van der Waals surface area contributed by atoms with Gasteiger partial charge in [0.2, 0.25) is 88.6 Å². The van der Waals surface area contributed by atoms with E-state index in [0.717, 1.165) is 31.5 Å². The number of para-hydroxylation sites is 1. The van der Waals surface area contributed by atoms with Crippen molar-refractivity contribution in [1.82, 2.24) is 77.3 Å². The van der Waals surface area contributed by atoms with Gasteiger partial charge in [-0.05, 0) is 94.6 Å². The third kappa shape index (κ3) is 29.5. The fourth-order valence-electron chi connectivity index (χ4n) is 16.7. The number of aromatic nitrogens is 1. The summed E-state index contributed by atoms with van der Waals surface area (Å²) in [5, 5.41) is 56.4. The number of ether oxygens (including phenoxy) is 3. The number of aliphatic hydroxyl groups excluding tert-OH is 1. The number of likely N-dealkylation sites (N-methyl/N-ethyl adjacent to an activating group) is 3. The summed E-state index contributed by atoms with van der Waals surface area (Å²) in [6.07, 6.45) is -3.76. The number of carboxylic acid groups (broad SMARTS) is 1. The first-order valence-corrected chi connectivity index (χ1v) is 46.6. The number of carbonyl (C=O) groups excluding carboxylic acids is 15. The van der Waals surface area contributed by atoms with E-state index in [1.807, 2.05) is 0 Å². The number of primary amides is 1. The topological polar surface area (TPSA) is 528 Å². The molecule has 3 aliphatic heterocycles. The van der Waals surface area contributed by atoms with E-state index >= 15 is 56.7 Å². The summed E-state index contributed by atoms with van der Waals surface area (Å²) in [7, 11) is 6.37. The molecule has 6 aromatic carbocycles. The van der Waals surface area contributed by atoms with Crippen molar-refractivity contribution >= 4 is 117 Å². The van der Waals surface area contributed by atoms with Crippen LogP contribution in [0.3, 0.4) is 0 Å². The number of aromatic amines is 1. The lowest BCUT2D eigenvalue weighted by Crippen LogP contribution is -2.64. The van der Waals surface area contributed by atoms with Crippen molar-refractivity contribution < 1.29 is 119 Å². The molecule has 3 fully saturated rings. The SMILES string of the molecule is CCCC[C@H]1C(=O)N2C[C@H](O)C[C@@H]2C(=O)N[C@@H](CC(=O)O)C(=O)N[C@@H](C(C)C)C(=O)N(C)[C@@H](Cc2ccccc2)C(=O)N[C@@H](Cc2ccc(OC)cc2)C(=O)N2CCOC[C@@H]2C(=O)N[C@@H](Cc2c[nH]c3ccccc23)C(=O)N[C@@H](Cc2ccc(O)cc2)C(=O)N[C@@H](CCOC)C(=O)N[C@H](C(=O)NCC(N)=O)CSCC(=O)N[C@@H](Cc2cc(F)c(F)c(F)c2)C(=O)N(C)[C@@H](Cc2ccccc2)C(=O)N1C. The third-order valence-electron chi connectivity index (χ3n) is 24.4. The molecule has 10 rings (SSSR count). The van der Waals surface area contributed by atoms with E-state index in [1.54, 1.807) is 122 Å². The lowest BCUT2D eigenvalue weighted by molar-refractivity contribution is -0.152. The number of phenols is 1. The van der Waals surface area contributed by atoms with Gasteiger partial charge in [-0.1, -0.05) is 137 Å². The molecule has 3 aliphatic rings. The summed E-state index contributed by atoms with van der Waals surface area (Å²) in [4.78, 5) is 248. The second-order valence-electron chi connectivity index (χ2n) is 34.8. The highest BCUT2D eigenvalue weighted by atomic mass is 32.2. The molecule has 14 atom stereocenters. The van der Waals surface area contributed by atoms with Crippen LogP contribution in [-0.2, 0) is 125 Å². The number of rotatable bonds is 25. The van der Waals surface area contributed by atoms with Crippen LogP contribution >= 0.6 is 11.8 Å². The summed E-state index contributed by atoms with van der Waals surface area (Å²) in [5.41, 5.74) is 7.82. The molecule has 0 spiro atoms. The minimum Gasteiger partial charge on any atom is -0.508 e. The zero-order valence-electron chi connectivity index (χ0n) is 78.2. The molecule has 0 bridgehead atoms. The fraction of sp³-hybridized carbons (Fsp3) is 0.443. The zero-order valence-corrected chi connectivity index (χ0v) is 79.0. The quantitative estimate of drug-likeness (QED) is 0.0359. The van der Waals surface area contributed by atoms with Crippen LogP contribution in [-0.4, -0.2) is 310 Å². The van der Waals surface area contributed by atoms with Gasteiger partial charge in [0.05, 0.1) is 45.1 Å². The van der Waals surface area contributed by atoms with Crippen LogP contribution in [0.4, 0.5) is 13.2 Å². The number of methoxy groups -OCH3 is 2. The van der Waals surface area contributed by atoms with E-state index in [2.05, 4.69) is 52.8 Å². The molecule has 0 radical (unpaired) electrons. The number of H-pyrrole nitrogens is 1. The Balaban J connectivity index is 1.07. The second kappa shape index (κ2) is 50.9. The number of unbranched alkanes of at least 4 members (excludes halogenated alkanes) is 1. The van der Waals surface area contributed by atoms with Gasteiger partial charge >= 0.3 is 5.97 Å². The zero-order chi connectivity index (χ0) is 101. The molecule has 42 heteroatoms. The molecule has 0 aliphatic carbocycles. The Hall–Kier alpha value is -14.0. The summed E-state index contributed by atoms with van der Waals surface area (Å²) in [5.74, 6) is -24.3. The number of hydrogen-bond acceptors (Lipinski definition) is 22. The van der Waals surface area contributed by atoms with E-state index in [4.69, 9.17) is 19.9 Å². The van der Waals surface area contributed by atoms with Crippen molar-refractivity contribution in [2.24, 2.45) is 11.7 Å². The van der Waals surface area contributed by atoms with Crippen molar-refractivity contribution in [3.8, 4) is 11.5 Å². The maximum atomic E-state index is 16.0. The molecule has 0 saturated carbocycles. The summed E-state index contributed by atoms with van der Waals surface area (Å²) in [6.45, 7) is 2.25. The summed E-state index contributed by atoms with van der Waals surface area (Å²) >= 11 is 0.639. The van der Waals surface area contributed by atoms with E-state index in [0.29, 0.717) is 74.8 Å². The molecule has 7 aromatic rings. The third-order valence-corrected chi connectivity index (χ3v) is 25.5. The van der Waals surface area contributed by atoms with Gasteiger partial charge < -0.3 is 113 Å². The number of phenolic OH excluding ortho intramolecular Hbond substituents is 1. The molecule has 0 unspecified atom stereocenters. The normalized spacial score (nSPS) is 23.6. The predicted octanol–water partition coefficient (Wildman–Crippen LogP) is 1.31. The maximum absolute atomic E-state index is 16.0. The number of nitrogens with two attached hydrogens (primary N) is 1. The van der Waals surface area contributed by atoms with E-state index in [1.165, 1.54) is 66.4 Å². The molecule has 15 N–H and O–H groups in total. The number of fused-ring (bicyclic) bond motifs is 3. The van der Waals surface area contributed by atoms with Gasteiger partial charge in [-0.3, -0.25) is 76.7 Å². The van der Waals surface area contributed by atoms with Gasteiger partial charge in [0.1, 0.15) is 90.0 Å². The monoisotopic (exact) mass is 1950 g/mol. The molecular weight excluding hydrogens is 1830 g/mol. The number of aromatic hydroxyl groups is 1. The van der Waals surface area contributed by atoms with Gasteiger partial charge in [-0.15, -0.1) is 11.8 Å². The van der Waals surface area contributed by atoms with Crippen LogP contribution in [0.2, 0.25) is 0 Å². The van der Waals surface area contributed by atoms with E-state index < -0.39 is 253 Å². The molecule has 15 amide bonds. The first-order chi connectivity index (χ1) is 66.3. The number of thioether (sulfide) groups is 1. The number of morpholine rings is 1. The number of carboxylic acids is 1. The molecule has 139 heavy (non-hydrogen) atoms. The average Bonchev–Trinajstić information content (AvgIpc) is 1.78. The first kappa shape index (κ1) is 107. The fourth-order valence-corrected chi connectivity index (χ4v) is 17.6. The van der Waals surface area contributed by atoms with Gasteiger partial charge in [-0.2, -0.15) is 0 Å². The Bertz CT molecular complexity index is 5510. The number of aliphatic carboxylic acids is 1. The van der Waals surface area contributed by atoms with Crippen molar-refractivity contribution in [3.63, 3.8) is 0 Å². The minimum atomic E-state index is -2.04. The Labute approximate surface area is 804 Å². The van der Waals surface area contributed by atoms with Crippen LogP contribution in [0.1, 0.15) is 92.7 Å². The Morgan fingerprint density at radius 2 is 1.09 bits per heavy atom. The number of nitrogens with one attached hydrogen (secondary N) is 10. The number of carbonyl (C=O) groups is 16. The van der Waals surface area contributed by atoms with Gasteiger partial charge in [-0.25, -0.2) is 13.2 Å². The smallest absolute Gasteiger partial charge is 0.305 e. The number of aliphatic hydroxyl groups is 1. The summed E-state index contributed by atoms with van der Waals surface area (Å²) < 4.78 is 61.9. The Morgan fingerprint density at radius 1 is 0.554 bits per heavy atom. The van der Waals surface area contributed by atoms with Crippen LogP contribution < -0.4 is 58.3 Å². The van der Waals surface area contributed by atoms with E-state index in [-0.39, 0.29) is 82.4 Å². The maximum Gasteiger partial charge on any atom is 0.305 e. The highest BCUT2D eigenvalue weighted by molar-refractivity contribution is 8.00. The largest absolute Gasteiger partial charge is 0.508 e. The molecule has 746 valence electrons. The average molecular weight is 1950 g/mol. The lowest BCUT2D eigenvalue weighted by Gasteiger charge is -2.38. The second-order valence-corrected chi connectivity index (χ2v) is 35.8. The number of hydrogen-bond donors (Lipinski definition) is 14. The van der Waals surface area contributed by atoms with Crippen LogP contribution in [0.25, 0.3) is 10.9 Å². The van der Waals surface area contributed by atoms with Crippen LogP contribution in [0, 0.1) is 23.4 Å². The first-order valence-electron chi connectivity index (χ1n) is 45.5. The van der Waals surface area contributed by atoms with Crippen LogP contribution in [0.15, 0.2) is 152 Å². The minimum absolute atomic E-state index is 0.137. The standard InChI is InChI=1S/C97H119F3N16O22S/c1-9-10-25-75-96(134)116-50-62(118)46-77(116)91(129)108-71(47-82(121)122)89(127)111-84(54(2)3)97(135)113(5)76(43-55-19-13-11-14-20-55)90(128)109-73(41-58-28-32-63(137-8)33-29-58)94(132)115-35-37-138-51-79(115)92(130)107-70(45-60-48-102-67-24-18-17-23-64(60)67)88(126)106-69(40-57-26-30-61(117)31-27-57)87(125)105-68(34-36-136-7)86(124)110-74(85(123)103-49-80(101)119)52-139-53-81(120)104-72(42-59-38-65(98)83(100)66(99)39-59)93(131)114(6)78(95(133)112(75)4)44-56-21-15-12-16-22-56/h11-24,26-33,38-39,48,54,62,68-79,84,102,117-118H,9-10,25,34-37,40-47,49-53H2,1-8H3,(H2,101,119)(H,103,123)(H,104,120)(H,105,125)(H,106,126)(H,107,130)(H,108,129)(H,109,128)(H,110,124)(H,111,127)(H,121,122)/t62-,68+,69+,70+,71+,72+,73+,74+,75+,76+,77-,78+,79-,84+/m1/s1. The lowest BCUT2D eigenvalue weighted by atomic mass is 9.98. The van der Waals surface area contributed by atoms with Gasteiger partial charge in [0.25, 0.3) is 0 Å². The van der Waals surface area contributed by atoms with Crippen LogP contribution in [0.5, 0.6) is 11.5 Å². The molecular formula is C97H119F3N16O22S. The van der Waals surface area contributed by atoms with Crippen molar-refractivity contribution in [2.45, 2.75) is 182 Å². The molecule has 3 saturated heterocycles. The summed E-state index contributed by atoms with van der Waals surface area (Å²) in [6, 6.07) is 14.5. The number of nitrogens with zero attached hydrogens (tertiary/aromatic N) is 5. The molecule has 1 aromatic heterocycles. The highest BCUT2D eigenvalue weighted by Gasteiger charge is 2.48. The molecule has 4 heterocycles. The van der Waals surface area contributed by atoms with Gasteiger partial charge in [0.15, 0.2) is 17.5 Å². The predicted molar refractivity (Wildman–Crippen MR) is 501 cm³/mol. The number of benzene rings is 6. The highest BCUT2D eigenvalue weighted by Crippen LogP contribution is 2.29. The Kier molecular flexibility index (Phi) is 39.2. The Morgan fingerprint density at radius 3 is 1.71 bits per heavy atom. The number of halogens is 3. The van der Waals surface area contributed by atoms with Crippen molar-refractivity contribution in [2.75, 3.05) is 86.3 Å². The molecule has 38 nitrogen and oxygen atoms in total. The number of amides is 15. The van der Waals surface area contributed by atoms with E-state index in [9.17, 15) is 48.5 Å². The van der Waals surface area contributed by atoms with Gasteiger partial charge in [0, 0.05) is 116 Å².